The van der Waals surface area contributed by atoms with Crippen molar-refractivity contribution in [2.24, 2.45) is 0 Å². The van der Waals surface area contributed by atoms with E-state index in [1.807, 2.05) is 17.5 Å². The molecule has 0 aliphatic heterocycles. The van der Waals surface area contributed by atoms with E-state index >= 15 is 0 Å². The number of fused-ring (bicyclic) bond motifs is 1. The summed E-state index contributed by atoms with van der Waals surface area (Å²) in [7, 11) is 0. The minimum Gasteiger partial charge on any atom is -0.387 e. The maximum atomic E-state index is 13.5. The van der Waals surface area contributed by atoms with Gasteiger partial charge in [-0.05, 0) is 29.1 Å². The van der Waals surface area contributed by atoms with Crippen molar-refractivity contribution in [1.29, 1.82) is 0 Å². The van der Waals surface area contributed by atoms with Crippen LogP contribution in [0.5, 0.6) is 0 Å². The molecule has 1 unspecified atom stereocenters. The summed E-state index contributed by atoms with van der Waals surface area (Å²) in [5, 5.41) is 12.1. The number of hydrogen-bond donors (Lipinski definition) is 1. The Morgan fingerprint density at radius 3 is 2.79 bits per heavy atom. The minimum atomic E-state index is -0.878. The Morgan fingerprint density at radius 2 is 2.00 bits per heavy atom. The van der Waals surface area contributed by atoms with Gasteiger partial charge >= 0.3 is 0 Å². The first kappa shape index (κ1) is 12.7. The number of halogens is 2. The standard InChI is InChI=1S/C14H10F2OS2/c15-9-3-1-2-8(14(9)16)6-10(17)12-7-13-11(19-12)4-5-18-13/h1-5,7,10,17H,6H2. The van der Waals surface area contributed by atoms with Gasteiger partial charge in [-0.1, -0.05) is 12.1 Å². The van der Waals surface area contributed by atoms with E-state index in [4.69, 9.17) is 0 Å². The van der Waals surface area contributed by atoms with E-state index < -0.39 is 17.7 Å². The van der Waals surface area contributed by atoms with E-state index in [-0.39, 0.29) is 12.0 Å². The van der Waals surface area contributed by atoms with Crippen molar-refractivity contribution in [1.82, 2.24) is 0 Å². The molecule has 0 radical (unpaired) electrons. The van der Waals surface area contributed by atoms with Gasteiger partial charge in [0.15, 0.2) is 11.6 Å². The molecule has 0 amide bonds. The zero-order chi connectivity index (χ0) is 13.4. The Kier molecular flexibility index (Phi) is 3.35. The Balaban J connectivity index is 1.86. The largest absolute Gasteiger partial charge is 0.387 e. The topological polar surface area (TPSA) is 20.2 Å². The van der Waals surface area contributed by atoms with Crippen LogP contribution in [0.25, 0.3) is 9.40 Å². The lowest BCUT2D eigenvalue weighted by molar-refractivity contribution is 0.180. The lowest BCUT2D eigenvalue weighted by Gasteiger charge is -2.09. The molecule has 1 aromatic carbocycles. The average Bonchev–Trinajstić information content (AvgIpc) is 2.95. The molecule has 5 heteroatoms. The summed E-state index contributed by atoms with van der Waals surface area (Å²) in [6, 6.07) is 7.92. The van der Waals surface area contributed by atoms with Gasteiger partial charge in [-0.2, -0.15) is 0 Å². The molecule has 1 atom stereocenters. The van der Waals surface area contributed by atoms with E-state index in [1.165, 1.54) is 23.5 Å². The Hall–Kier alpha value is -1.30. The third kappa shape index (κ3) is 2.41. The quantitative estimate of drug-likeness (QED) is 0.753. The molecule has 2 heterocycles. The van der Waals surface area contributed by atoms with E-state index in [9.17, 15) is 13.9 Å². The van der Waals surface area contributed by atoms with Crippen molar-refractivity contribution >= 4 is 32.1 Å². The predicted octanol–water partition coefficient (Wildman–Crippen LogP) is 4.52. The number of thiophene rings is 2. The first-order valence-electron chi connectivity index (χ1n) is 5.73. The smallest absolute Gasteiger partial charge is 0.162 e. The van der Waals surface area contributed by atoms with Crippen LogP contribution < -0.4 is 0 Å². The lowest BCUT2D eigenvalue weighted by atomic mass is 10.1. The van der Waals surface area contributed by atoms with E-state index in [1.54, 1.807) is 11.3 Å². The third-order valence-electron chi connectivity index (χ3n) is 2.93. The van der Waals surface area contributed by atoms with Gasteiger partial charge in [-0.3, -0.25) is 0 Å². The molecule has 0 spiro atoms. The highest BCUT2D eigenvalue weighted by Crippen LogP contribution is 2.34. The number of rotatable bonds is 3. The van der Waals surface area contributed by atoms with Gasteiger partial charge in [0.05, 0.1) is 6.10 Å². The molecule has 0 aliphatic carbocycles. The first-order chi connectivity index (χ1) is 9.15. The summed E-state index contributed by atoms with van der Waals surface area (Å²) < 4.78 is 28.9. The van der Waals surface area contributed by atoms with Gasteiger partial charge in [0, 0.05) is 20.7 Å². The van der Waals surface area contributed by atoms with Crippen molar-refractivity contribution < 1.29 is 13.9 Å². The number of benzene rings is 1. The molecule has 1 N–H and O–H groups in total. The normalized spacial score (nSPS) is 13.0. The molecular weight excluding hydrogens is 286 g/mol. The van der Waals surface area contributed by atoms with Gasteiger partial charge in [-0.25, -0.2) is 8.78 Å². The van der Waals surface area contributed by atoms with Gasteiger partial charge in [-0.15, -0.1) is 22.7 Å². The highest BCUT2D eigenvalue weighted by atomic mass is 32.1. The second kappa shape index (κ2) is 5.00. The first-order valence-corrected chi connectivity index (χ1v) is 7.42. The second-order valence-electron chi connectivity index (χ2n) is 4.23. The summed E-state index contributed by atoms with van der Waals surface area (Å²) in [6.45, 7) is 0. The van der Waals surface area contributed by atoms with Crippen LogP contribution in [0.3, 0.4) is 0 Å². The molecular formula is C14H10F2OS2. The van der Waals surface area contributed by atoms with Crippen molar-refractivity contribution in [2.75, 3.05) is 0 Å². The monoisotopic (exact) mass is 296 g/mol. The zero-order valence-corrected chi connectivity index (χ0v) is 11.4. The second-order valence-corrected chi connectivity index (χ2v) is 6.29. The maximum absolute atomic E-state index is 13.5. The maximum Gasteiger partial charge on any atom is 0.162 e. The van der Waals surface area contributed by atoms with Gasteiger partial charge in [0.25, 0.3) is 0 Å². The van der Waals surface area contributed by atoms with Crippen molar-refractivity contribution in [3.63, 3.8) is 0 Å². The Labute approximate surface area is 116 Å². The van der Waals surface area contributed by atoms with E-state index in [2.05, 4.69) is 0 Å². The molecule has 98 valence electrons. The fourth-order valence-electron chi connectivity index (χ4n) is 1.96. The number of hydrogen-bond acceptors (Lipinski definition) is 3. The molecule has 0 aliphatic rings. The number of aliphatic hydroxyl groups excluding tert-OH is 1. The van der Waals surface area contributed by atoms with Crippen LogP contribution in [0, 0.1) is 11.6 Å². The molecule has 0 fully saturated rings. The summed E-state index contributed by atoms with van der Waals surface area (Å²) >= 11 is 3.09. The van der Waals surface area contributed by atoms with Crippen LogP contribution in [-0.4, -0.2) is 5.11 Å². The van der Waals surface area contributed by atoms with E-state index in [0.717, 1.165) is 20.3 Å². The lowest BCUT2D eigenvalue weighted by Crippen LogP contribution is -2.03. The van der Waals surface area contributed by atoms with Crippen molar-refractivity contribution in [2.45, 2.75) is 12.5 Å². The summed E-state index contributed by atoms with van der Waals surface area (Å²) in [6.07, 6.45) is -0.724. The molecule has 2 aromatic heterocycles. The molecule has 1 nitrogen and oxygen atoms in total. The minimum absolute atomic E-state index is 0.0807. The van der Waals surface area contributed by atoms with Crippen LogP contribution >= 0.6 is 22.7 Å². The summed E-state index contributed by atoms with van der Waals surface area (Å²) in [5.41, 5.74) is 0.198. The van der Waals surface area contributed by atoms with Crippen LogP contribution in [0.1, 0.15) is 16.5 Å². The fraction of sp³-hybridized carbons (Fsp3) is 0.143. The summed E-state index contributed by atoms with van der Waals surface area (Å²) in [4.78, 5) is 0.783. The fourth-order valence-corrected chi connectivity index (χ4v) is 4.07. The average molecular weight is 296 g/mol. The van der Waals surface area contributed by atoms with Crippen LogP contribution in [0.4, 0.5) is 8.78 Å². The molecule has 19 heavy (non-hydrogen) atoms. The van der Waals surface area contributed by atoms with Gasteiger partial charge in [0.1, 0.15) is 0 Å². The SMILES string of the molecule is OC(Cc1cccc(F)c1F)c1cc2sccc2s1. The zero-order valence-electron chi connectivity index (χ0n) is 9.77. The molecule has 3 aromatic rings. The van der Waals surface area contributed by atoms with Crippen molar-refractivity contribution in [3.8, 4) is 0 Å². The molecule has 0 bridgehead atoms. The van der Waals surface area contributed by atoms with Crippen LogP contribution in [-0.2, 0) is 6.42 Å². The molecule has 0 saturated carbocycles. The highest BCUT2D eigenvalue weighted by Gasteiger charge is 2.16. The predicted molar refractivity (Wildman–Crippen MR) is 74.7 cm³/mol. The third-order valence-corrected chi connectivity index (χ3v) is 5.13. The molecule has 0 saturated heterocycles. The highest BCUT2D eigenvalue weighted by molar-refractivity contribution is 7.26. The Bertz CT molecular complexity index is 689. The number of aliphatic hydroxyl groups is 1. The van der Waals surface area contributed by atoms with Gasteiger partial charge < -0.3 is 5.11 Å². The van der Waals surface area contributed by atoms with E-state index in [0.29, 0.717) is 0 Å². The Morgan fingerprint density at radius 1 is 1.16 bits per heavy atom. The van der Waals surface area contributed by atoms with Crippen LogP contribution in [0.15, 0.2) is 35.7 Å². The molecule has 3 rings (SSSR count). The van der Waals surface area contributed by atoms with Gasteiger partial charge in [0.2, 0.25) is 0 Å². The summed E-state index contributed by atoms with van der Waals surface area (Å²) in [5.74, 6) is -1.75. The van der Waals surface area contributed by atoms with Crippen molar-refractivity contribution in [3.05, 3.63) is 57.8 Å². The van der Waals surface area contributed by atoms with Crippen LogP contribution in [0.2, 0.25) is 0 Å².